The molecule has 0 radical (unpaired) electrons. The van der Waals surface area contributed by atoms with Gasteiger partial charge in [-0.25, -0.2) is 4.79 Å². The van der Waals surface area contributed by atoms with Gasteiger partial charge in [0.2, 0.25) is 0 Å². The lowest BCUT2D eigenvalue weighted by molar-refractivity contribution is -0.150. The summed E-state index contributed by atoms with van der Waals surface area (Å²) in [6, 6.07) is 2.83. The first-order valence-corrected chi connectivity index (χ1v) is 11.4. The van der Waals surface area contributed by atoms with Crippen LogP contribution >= 0.6 is 0 Å². The van der Waals surface area contributed by atoms with Crippen LogP contribution in [0.2, 0.25) is 19.6 Å². The van der Waals surface area contributed by atoms with Crippen molar-refractivity contribution in [1.82, 2.24) is 0 Å². The minimum absolute atomic E-state index is 0.00926. The molecule has 2 rings (SSSR count). The van der Waals surface area contributed by atoms with Crippen molar-refractivity contribution in [2.24, 2.45) is 0 Å². The summed E-state index contributed by atoms with van der Waals surface area (Å²) in [6.45, 7) is 7.87. The Balaban J connectivity index is 2.47. The standard InChI is InChI=1S/C18H20F3NO2Si/c1-5-24-17(23)14-11-13-10-12(8-9-25(2,3)4)6-7-15(13)22-16(14)18(19,20)21/h6-7,10-11,16,22H,5H2,1-4H3. The van der Waals surface area contributed by atoms with Crippen molar-refractivity contribution in [3.05, 3.63) is 34.9 Å². The average Bonchev–Trinajstić information content (AvgIpc) is 2.50. The van der Waals surface area contributed by atoms with Crippen LogP contribution in [-0.2, 0) is 9.53 Å². The van der Waals surface area contributed by atoms with Crippen LogP contribution in [0.25, 0.3) is 6.08 Å². The largest absolute Gasteiger partial charge is 0.463 e. The molecule has 7 heteroatoms. The molecule has 0 spiro atoms. The Bertz CT molecular complexity index is 767. The first-order chi connectivity index (χ1) is 11.5. The molecule has 25 heavy (non-hydrogen) atoms. The van der Waals surface area contributed by atoms with Gasteiger partial charge >= 0.3 is 12.1 Å². The van der Waals surface area contributed by atoms with E-state index in [1.165, 1.54) is 6.08 Å². The van der Waals surface area contributed by atoms with Gasteiger partial charge in [0.1, 0.15) is 8.07 Å². The van der Waals surface area contributed by atoms with E-state index in [0.717, 1.165) is 0 Å². The molecule has 0 aliphatic carbocycles. The molecule has 0 bridgehead atoms. The normalized spacial score (nSPS) is 16.8. The molecule has 0 fully saturated rings. The van der Waals surface area contributed by atoms with Crippen LogP contribution < -0.4 is 5.32 Å². The van der Waals surface area contributed by atoms with Crippen LogP contribution in [-0.4, -0.2) is 32.9 Å². The Morgan fingerprint density at radius 1 is 1.32 bits per heavy atom. The third-order valence-electron chi connectivity index (χ3n) is 3.39. The molecule has 1 unspecified atom stereocenters. The SMILES string of the molecule is CCOC(=O)C1=Cc2cc(C#C[Si](C)(C)C)ccc2NC1C(F)(F)F. The number of anilines is 1. The number of fused-ring (bicyclic) bond motifs is 1. The minimum atomic E-state index is -4.60. The molecule has 0 aromatic heterocycles. The van der Waals surface area contributed by atoms with Crippen LogP contribution in [0, 0.1) is 11.5 Å². The topological polar surface area (TPSA) is 38.3 Å². The smallest absolute Gasteiger partial charge is 0.413 e. The van der Waals surface area contributed by atoms with E-state index in [1.807, 2.05) is 0 Å². The Morgan fingerprint density at radius 2 is 2.00 bits per heavy atom. The van der Waals surface area contributed by atoms with Gasteiger partial charge in [0.25, 0.3) is 0 Å². The van der Waals surface area contributed by atoms with Crippen LogP contribution in [0.15, 0.2) is 23.8 Å². The quantitative estimate of drug-likeness (QED) is 0.483. The van der Waals surface area contributed by atoms with Crippen molar-refractivity contribution < 1.29 is 22.7 Å². The van der Waals surface area contributed by atoms with Gasteiger partial charge < -0.3 is 10.1 Å². The third kappa shape index (κ3) is 4.89. The second-order valence-corrected chi connectivity index (χ2v) is 11.5. The zero-order chi connectivity index (χ0) is 18.8. The highest BCUT2D eigenvalue weighted by atomic mass is 28.3. The maximum absolute atomic E-state index is 13.3. The van der Waals surface area contributed by atoms with Gasteiger partial charge in [0, 0.05) is 11.3 Å². The lowest BCUT2D eigenvalue weighted by Gasteiger charge is -2.28. The maximum atomic E-state index is 13.3. The molecular formula is C18H20F3NO2Si. The molecule has 0 saturated carbocycles. The maximum Gasteiger partial charge on any atom is 0.413 e. The minimum Gasteiger partial charge on any atom is -0.463 e. The highest BCUT2D eigenvalue weighted by molar-refractivity contribution is 6.83. The molecule has 1 aliphatic rings. The monoisotopic (exact) mass is 367 g/mol. The summed E-state index contributed by atoms with van der Waals surface area (Å²) in [4.78, 5) is 12.0. The Kier molecular flexibility index (Phi) is 5.33. The van der Waals surface area contributed by atoms with Crippen LogP contribution in [0.3, 0.4) is 0 Å². The van der Waals surface area contributed by atoms with Crippen molar-refractivity contribution in [3.8, 4) is 11.5 Å². The highest BCUT2D eigenvalue weighted by Crippen LogP contribution is 2.36. The number of ether oxygens (including phenoxy) is 1. The van der Waals surface area contributed by atoms with Crippen LogP contribution in [0.5, 0.6) is 0 Å². The Hall–Kier alpha value is -2.20. The molecule has 1 aromatic rings. The lowest BCUT2D eigenvalue weighted by atomic mass is 9.96. The molecule has 1 atom stereocenters. The summed E-state index contributed by atoms with van der Waals surface area (Å²) in [6.07, 6.45) is -3.37. The Morgan fingerprint density at radius 3 is 2.56 bits per heavy atom. The number of esters is 1. The molecule has 3 nitrogen and oxygen atoms in total. The van der Waals surface area contributed by atoms with Gasteiger partial charge in [0.05, 0.1) is 12.2 Å². The van der Waals surface area contributed by atoms with Crippen LogP contribution in [0.1, 0.15) is 18.1 Å². The van der Waals surface area contributed by atoms with E-state index in [-0.39, 0.29) is 6.61 Å². The number of alkyl halides is 3. The zero-order valence-corrected chi connectivity index (χ0v) is 15.5. The second kappa shape index (κ2) is 6.96. The molecule has 0 saturated heterocycles. The molecule has 1 N–H and O–H groups in total. The van der Waals surface area contributed by atoms with E-state index in [0.29, 0.717) is 16.8 Å². The number of rotatable bonds is 2. The number of nitrogens with one attached hydrogen (secondary N) is 1. The van der Waals surface area contributed by atoms with Crippen molar-refractivity contribution in [2.75, 3.05) is 11.9 Å². The molecule has 134 valence electrons. The predicted octanol–water partition coefficient (Wildman–Crippen LogP) is 4.22. The third-order valence-corrected chi connectivity index (χ3v) is 4.27. The van der Waals surface area contributed by atoms with Crippen molar-refractivity contribution in [3.63, 3.8) is 0 Å². The zero-order valence-electron chi connectivity index (χ0n) is 14.5. The number of halogens is 3. The fourth-order valence-corrected chi connectivity index (χ4v) is 2.80. The van der Waals surface area contributed by atoms with E-state index in [1.54, 1.807) is 25.1 Å². The van der Waals surface area contributed by atoms with E-state index < -0.39 is 31.8 Å². The second-order valence-electron chi connectivity index (χ2n) is 6.74. The van der Waals surface area contributed by atoms with Gasteiger partial charge in [0.15, 0.2) is 6.04 Å². The van der Waals surface area contributed by atoms with Gasteiger partial charge in [-0.1, -0.05) is 25.6 Å². The summed E-state index contributed by atoms with van der Waals surface area (Å²) < 4.78 is 44.6. The van der Waals surface area contributed by atoms with E-state index in [2.05, 4.69) is 36.4 Å². The summed E-state index contributed by atoms with van der Waals surface area (Å²) in [5.41, 5.74) is 4.27. The summed E-state index contributed by atoms with van der Waals surface area (Å²) in [7, 11) is -1.57. The predicted molar refractivity (Wildman–Crippen MR) is 94.7 cm³/mol. The first-order valence-electron chi connectivity index (χ1n) is 7.90. The van der Waals surface area contributed by atoms with Gasteiger partial charge in [-0.15, -0.1) is 5.54 Å². The summed E-state index contributed by atoms with van der Waals surface area (Å²) in [5.74, 6) is 2.09. The van der Waals surface area contributed by atoms with Crippen molar-refractivity contribution >= 4 is 25.8 Å². The molecular weight excluding hydrogens is 347 g/mol. The van der Waals surface area contributed by atoms with Crippen molar-refractivity contribution in [2.45, 2.75) is 38.8 Å². The number of hydrogen-bond donors (Lipinski definition) is 1. The van der Waals surface area contributed by atoms with E-state index >= 15 is 0 Å². The fourth-order valence-electron chi connectivity index (χ4n) is 2.28. The molecule has 1 heterocycles. The Labute approximate surface area is 146 Å². The molecule has 1 aliphatic heterocycles. The fraction of sp³-hybridized carbons (Fsp3) is 0.389. The van der Waals surface area contributed by atoms with Gasteiger partial charge in [-0.05, 0) is 36.8 Å². The summed E-state index contributed by atoms with van der Waals surface area (Å²) >= 11 is 0. The van der Waals surface area contributed by atoms with E-state index in [9.17, 15) is 18.0 Å². The highest BCUT2D eigenvalue weighted by Gasteiger charge is 2.46. The first kappa shape index (κ1) is 19.1. The number of carbonyl (C=O) groups excluding carboxylic acids is 1. The van der Waals surface area contributed by atoms with E-state index in [4.69, 9.17) is 4.74 Å². The van der Waals surface area contributed by atoms with Gasteiger partial charge in [-0.3, -0.25) is 0 Å². The number of hydrogen-bond acceptors (Lipinski definition) is 3. The average molecular weight is 367 g/mol. The van der Waals surface area contributed by atoms with Crippen LogP contribution in [0.4, 0.5) is 18.9 Å². The number of carbonyl (C=O) groups is 1. The molecule has 0 amide bonds. The lowest BCUT2D eigenvalue weighted by Crippen LogP contribution is -2.42. The van der Waals surface area contributed by atoms with Crippen molar-refractivity contribution in [1.29, 1.82) is 0 Å². The number of benzene rings is 1. The summed E-state index contributed by atoms with van der Waals surface area (Å²) in [5, 5.41) is 2.39. The van der Waals surface area contributed by atoms with Gasteiger partial charge in [-0.2, -0.15) is 13.2 Å². The molecule has 1 aromatic carbocycles.